The largest absolute Gasteiger partial charge is 0.482 e. The molecule has 34 heavy (non-hydrogen) atoms. The maximum absolute atomic E-state index is 12.7. The molecule has 0 aliphatic carbocycles. The van der Waals surface area contributed by atoms with Gasteiger partial charge in [0.05, 0.1) is 24.9 Å². The summed E-state index contributed by atoms with van der Waals surface area (Å²) < 4.78 is 10.3. The molecule has 172 valence electrons. The highest BCUT2D eigenvalue weighted by Gasteiger charge is 2.26. The van der Waals surface area contributed by atoms with Crippen LogP contribution in [0.4, 0.5) is 11.4 Å². The summed E-state index contributed by atoms with van der Waals surface area (Å²) in [5, 5.41) is 2.82. The molecule has 0 saturated heterocycles. The minimum atomic E-state index is -0.445. The van der Waals surface area contributed by atoms with Crippen LogP contribution < -0.4 is 15.0 Å². The molecule has 0 atom stereocenters. The number of nitrogens with one attached hydrogen (secondary N) is 1. The van der Waals surface area contributed by atoms with Crippen molar-refractivity contribution in [3.05, 3.63) is 95.1 Å². The molecule has 1 N–H and O–H groups in total. The first-order chi connectivity index (χ1) is 16.4. The maximum atomic E-state index is 12.7. The summed E-state index contributed by atoms with van der Waals surface area (Å²) in [5.41, 5.74) is 4.31. The quantitative estimate of drug-likeness (QED) is 0.440. The van der Waals surface area contributed by atoms with Crippen LogP contribution in [-0.2, 0) is 20.9 Å². The van der Waals surface area contributed by atoms with Crippen LogP contribution in [-0.4, -0.2) is 31.5 Å². The van der Waals surface area contributed by atoms with Crippen LogP contribution in [0.25, 0.3) is 6.08 Å². The van der Waals surface area contributed by atoms with Crippen LogP contribution in [0.1, 0.15) is 27.0 Å². The van der Waals surface area contributed by atoms with E-state index in [0.717, 1.165) is 16.7 Å². The lowest BCUT2D eigenvalue weighted by Crippen LogP contribution is -2.38. The predicted molar refractivity (Wildman–Crippen MR) is 130 cm³/mol. The van der Waals surface area contributed by atoms with Gasteiger partial charge in [0, 0.05) is 11.8 Å². The Morgan fingerprint density at radius 1 is 1.09 bits per heavy atom. The lowest BCUT2D eigenvalue weighted by atomic mass is 10.1. The van der Waals surface area contributed by atoms with E-state index in [9.17, 15) is 14.4 Å². The van der Waals surface area contributed by atoms with Crippen LogP contribution in [0.5, 0.6) is 5.75 Å². The first-order valence-corrected chi connectivity index (χ1v) is 10.7. The fraction of sp³-hybridized carbons (Fsp3) is 0.148. The molecular weight excluding hydrogens is 432 g/mol. The Morgan fingerprint density at radius 2 is 1.88 bits per heavy atom. The lowest BCUT2D eigenvalue weighted by Gasteiger charge is -2.30. The number of aryl methyl sites for hydroxylation is 1. The van der Waals surface area contributed by atoms with Crippen LogP contribution in [0.15, 0.2) is 72.8 Å². The van der Waals surface area contributed by atoms with E-state index in [-0.39, 0.29) is 25.0 Å². The fourth-order valence-electron chi connectivity index (χ4n) is 3.58. The minimum Gasteiger partial charge on any atom is -0.482 e. The van der Waals surface area contributed by atoms with Gasteiger partial charge in [-0.25, -0.2) is 4.79 Å². The third kappa shape index (κ3) is 5.32. The predicted octanol–water partition coefficient (Wildman–Crippen LogP) is 4.36. The number of hydrogen-bond donors (Lipinski definition) is 1. The average Bonchev–Trinajstić information content (AvgIpc) is 2.85. The van der Waals surface area contributed by atoms with E-state index in [1.54, 1.807) is 47.4 Å². The molecule has 0 unspecified atom stereocenters. The van der Waals surface area contributed by atoms with E-state index < -0.39 is 5.97 Å². The zero-order valence-electron chi connectivity index (χ0n) is 18.9. The number of carbonyl (C=O) groups excluding carboxylic acids is 3. The van der Waals surface area contributed by atoms with Gasteiger partial charge in [0.2, 0.25) is 5.91 Å². The van der Waals surface area contributed by atoms with E-state index in [2.05, 4.69) is 5.32 Å². The summed E-state index contributed by atoms with van der Waals surface area (Å²) in [4.78, 5) is 38.5. The molecule has 1 aliphatic heterocycles. The number of carbonyl (C=O) groups is 3. The van der Waals surface area contributed by atoms with Crippen molar-refractivity contribution in [2.24, 2.45) is 0 Å². The van der Waals surface area contributed by atoms with Crippen molar-refractivity contribution in [2.75, 3.05) is 23.9 Å². The van der Waals surface area contributed by atoms with Crippen molar-refractivity contribution >= 4 is 35.2 Å². The average molecular weight is 456 g/mol. The second-order valence-corrected chi connectivity index (χ2v) is 7.88. The number of nitrogens with zero attached hydrogens (tertiary/aromatic N) is 1. The molecule has 1 heterocycles. The van der Waals surface area contributed by atoms with Gasteiger partial charge in [-0.15, -0.1) is 0 Å². The molecule has 0 aromatic heterocycles. The highest BCUT2D eigenvalue weighted by molar-refractivity contribution is 6.03. The van der Waals surface area contributed by atoms with E-state index >= 15 is 0 Å². The standard InChI is InChI=1S/C27H24N2O5/c1-18-6-8-19(9-7-18)10-13-25(30)28-22-11-12-24-23(15-22)29(26(31)17-34-24)16-20-4-3-5-21(14-20)27(32)33-2/h3-15H,16-17H2,1-2H3,(H,28,30)/b13-10+. The van der Waals surface area contributed by atoms with Crippen molar-refractivity contribution in [2.45, 2.75) is 13.5 Å². The number of benzene rings is 3. The van der Waals surface area contributed by atoms with Crippen molar-refractivity contribution in [1.82, 2.24) is 0 Å². The molecule has 0 bridgehead atoms. The van der Waals surface area contributed by atoms with Gasteiger partial charge in [-0.3, -0.25) is 9.59 Å². The van der Waals surface area contributed by atoms with E-state index in [1.165, 1.54) is 13.2 Å². The second kappa shape index (κ2) is 10.0. The molecular formula is C27H24N2O5. The van der Waals surface area contributed by atoms with Crippen LogP contribution in [0.2, 0.25) is 0 Å². The molecule has 1 aliphatic rings. The number of rotatable bonds is 6. The first-order valence-electron chi connectivity index (χ1n) is 10.7. The summed E-state index contributed by atoms with van der Waals surface area (Å²) in [6.07, 6.45) is 3.20. The molecule has 7 heteroatoms. The van der Waals surface area contributed by atoms with Gasteiger partial charge >= 0.3 is 5.97 Å². The van der Waals surface area contributed by atoms with Gasteiger partial charge in [0.1, 0.15) is 5.75 Å². The summed E-state index contributed by atoms with van der Waals surface area (Å²) in [6.45, 7) is 2.16. The number of fused-ring (bicyclic) bond motifs is 1. The highest BCUT2D eigenvalue weighted by atomic mass is 16.5. The molecule has 0 radical (unpaired) electrons. The van der Waals surface area contributed by atoms with Gasteiger partial charge < -0.3 is 19.7 Å². The van der Waals surface area contributed by atoms with Gasteiger partial charge in [-0.05, 0) is 54.5 Å². The molecule has 3 aromatic rings. The van der Waals surface area contributed by atoms with Crippen molar-refractivity contribution in [1.29, 1.82) is 0 Å². The molecule has 0 spiro atoms. The molecule has 3 aromatic carbocycles. The van der Waals surface area contributed by atoms with Crippen LogP contribution >= 0.6 is 0 Å². The fourth-order valence-corrected chi connectivity index (χ4v) is 3.58. The molecule has 4 rings (SSSR count). The van der Waals surface area contributed by atoms with Gasteiger partial charge in [-0.2, -0.15) is 0 Å². The number of hydrogen-bond acceptors (Lipinski definition) is 5. The highest BCUT2D eigenvalue weighted by Crippen LogP contribution is 2.35. The topological polar surface area (TPSA) is 84.9 Å². The van der Waals surface area contributed by atoms with Gasteiger partial charge in [0.25, 0.3) is 5.91 Å². The maximum Gasteiger partial charge on any atom is 0.337 e. The molecule has 0 saturated carbocycles. The van der Waals surface area contributed by atoms with Gasteiger partial charge in [-0.1, -0.05) is 42.0 Å². The Balaban J connectivity index is 1.52. The number of ether oxygens (including phenoxy) is 2. The second-order valence-electron chi connectivity index (χ2n) is 7.88. The van der Waals surface area contributed by atoms with Crippen molar-refractivity contribution < 1.29 is 23.9 Å². The Kier molecular flexibility index (Phi) is 6.73. The van der Waals surface area contributed by atoms with E-state index in [4.69, 9.17) is 9.47 Å². The summed E-state index contributed by atoms with van der Waals surface area (Å²) >= 11 is 0. The molecule has 2 amide bonds. The zero-order chi connectivity index (χ0) is 24.1. The number of esters is 1. The molecule has 7 nitrogen and oxygen atoms in total. The van der Waals surface area contributed by atoms with E-state index in [1.807, 2.05) is 37.3 Å². The normalized spacial score (nSPS) is 12.8. The summed E-state index contributed by atoms with van der Waals surface area (Å²) in [5.74, 6) is -0.421. The van der Waals surface area contributed by atoms with Crippen molar-refractivity contribution in [3.8, 4) is 5.75 Å². The Hall–Kier alpha value is -4.39. The zero-order valence-corrected chi connectivity index (χ0v) is 18.9. The minimum absolute atomic E-state index is 0.0886. The lowest BCUT2D eigenvalue weighted by molar-refractivity contribution is -0.121. The van der Waals surface area contributed by atoms with Crippen molar-refractivity contribution in [3.63, 3.8) is 0 Å². The van der Waals surface area contributed by atoms with Crippen LogP contribution in [0.3, 0.4) is 0 Å². The third-order valence-electron chi connectivity index (χ3n) is 5.36. The smallest absolute Gasteiger partial charge is 0.337 e. The number of anilines is 2. The molecule has 0 fully saturated rings. The Bertz CT molecular complexity index is 1260. The summed E-state index contributed by atoms with van der Waals surface area (Å²) in [6, 6.07) is 19.9. The van der Waals surface area contributed by atoms with E-state index in [0.29, 0.717) is 22.7 Å². The Labute approximate surface area is 197 Å². The third-order valence-corrected chi connectivity index (χ3v) is 5.36. The number of amides is 2. The number of methoxy groups -OCH3 is 1. The van der Waals surface area contributed by atoms with Crippen LogP contribution in [0, 0.1) is 6.92 Å². The van der Waals surface area contributed by atoms with Gasteiger partial charge in [0.15, 0.2) is 6.61 Å². The summed E-state index contributed by atoms with van der Waals surface area (Å²) in [7, 11) is 1.32. The monoisotopic (exact) mass is 456 g/mol. The Morgan fingerprint density at radius 3 is 2.65 bits per heavy atom. The SMILES string of the molecule is COC(=O)c1cccc(CN2C(=O)COc3ccc(NC(=O)/C=C/c4ccc(C)cc4)cc32)c1. The first kappa shape index (κ1) is 22.8.